The monoisotopic (exact) mass is 355 g/mol. The van der Waals surface area contributed by atoms with Gasteiger partial charge in [-0.1, -0.05) is 24.3 Å². The predicted octanol–water partition coefficient (Wildman–Crippen LogP) is 0.978. The van der Waals surface area contributed by atoms with Crippen molar-refractivity contribution in [3.05, 3.63) is 47.2 Å². The van der Waals surface area contributed by atoms with Gasteiger partial charge in [0.05, 0.1) is 33.4 Å². The SMILES string of the molecule is C/C=C1/C[NH+]2CCc3c([nH]c4ccccc34)[C@@](CO)(C(=O)OC)[C@H]1CC2. The van der Waals surface area contributed by atoms with E-state index in [9.17, 15) is 9.90 Å². The molecule has 1 fully saturated rings. The molecule has 0 aliphatic carbocycles. The number of aliphatic hydroxyl groups is 1. The minimum absolute atomic E-state index is 0.0430. The van der Waals surface area contributed by atoms with Crippen LogP contribution in [-0.4, -0.2) is 49.4 Å². The molecule has 26 heavy (non-hydrogen) atoms. The molecule has 5 heteroatoms. The Hall–Kier alpha value is -2.11. The summed E-state index contributed by atoms with van der Waals surface area (Å²) in [6, 6.07) is 8.16. The minimum atomic E-state index is -1.07. The first-order valence-corrected chi connectivity index (χ1v) is 9.43. The molecule has 0 spiro atoms. The van der Waals surface area contributed by atoms with Crippen LogP contribution in [0.25, 0.3) is 10.9 Å². The van der Waals surface area contributed by atoms with Crippen molar-refractivity contribution in [3.63, 3.8) is 0 Å². The van der Waals surface area contributed by atoms with Crippen molar-refractivity contribution < 1.29 is 19.5 Å². The maximum atomic E-state index is 13.1. The van der Waals surface area contributed by atoms with Gasteiger partial charge in [0, 0.05) is 35.4 Å². The van der Waals surface area contributed by atoms with Crippen LogP contribution in [0.3, 0.4) is 0 Å². The lowest BCUT2D eigenvalue weighted by atomic mass is 9.66. The highest BCUT2D eigenvalue weighted by atomic mass is 16.5. The summed E-state index contributed by atoms with van der Waals surface area (Å²) < 4.78 is 5.26. The zero-order chi connectivity index (χ0) is 18.3. The molecule has 0 radical (unpaired) electrons. The number of aliphatic hydroxyl groups excluding tert-OH is 1. The summed E-state index contributed by atoms with van der Waals surface area (Å²) >= 11 is 0. The smallest absolute Gasteiger partial charge is 0.320 e. The van der Waals surface area contributed by atoms with Gasteiger partial charge in [0.2, 0.25) is 0 Å². The maximum Gasteiger partial charge on any atom is 0.320 e. The summed E-state index contributed by atoms with van der Waals surface area (Å²) in [5, 5.41) is 11.7. The van der Waals surface area contributed by atoms with E-state index in [2.05, 4.69) is 17.1 Å². The van der Waals surface area contributed by atoms with E-state index in [-0.39, 0.29) is 18.5 Å². The molecule has 3 aliphatic heterocycles. The average molecular weight is 355 g/mol. The third kappa shape index (κ3) is 2.34. The number of methoxy groups -OCH3 is 1. The summed E-state index contributed by atoms with van der Waals surface area (Å²) in [5.74, 6) is -0.388. The standard InChI is InChI=1S/C21H26N2O3/c1-3-14-12-23-10-8-16-15-6-4-5-7-18(15)22-19(16)21(13-24,20(25)26-2)17(14)9-11-23/h3-7,17,22,24H,8-13H2,1-2H3/p+1/b14-3-/t17-,21-/m0/s1. The van der Waals surface area contributed by atoms with Crippen molar-refractivity contribution in [1.82, 2.24) is 4.98 Å². The molecule has 5 rings (SSSR count). The summed E-state index contributed by atoms with van der Waals surface area (Å²) in [5.41, 5.74) is 3.20. The summed E-state index contributed by atoms with van der Waals surface area (Å²) in [6.07, 6.45) is 3.89. The topological polar surface area (TPSA) is 66.8 Å². The third-order valence-corrected chi connectivity index (χ3v) is 6.44. The lowest BCUT2D eigenvalue weighted by molar-refractivity contribution is -0.899. The first kappa shape index (κ1) is 17.3. The number of carbonyl (C=O) groups is 1. The Labute approximate surface area is 153 Å². The highest BCUT2D eigenvalue weighted by Crippen LogP contribution is 2.44. The van der Waals surface area contributed by atoms with Crippen molar-refractivity contribution in [2.45, 2.75) is 25.2 Å². The second kappa shape index (κ2) is 6.56. The lowest BCUT2D eigenvalue weighted by Gasteiger charge is -2.40. The molecule has 5 nitrogen and oxygen atoms in total. The Morgan fingerprint density at radius 2 is 2.23 bits per heavy atom. The number of aromatic nitrogens is 1. The molecule has 1 aromatic carbocycles. The number of H-pyrrole nitrogens is 1. The molecular weight excluding hydrogens is 328 g/mol. The van der Waals surface area contributed by atoms with E-state index < -0.39 is 5.41 Å². The van der Waals surface area contributed by atoms with Crippen molar-refractivity contribution in [1.29, 1.82) is 0 Å². The van der Waals surface area contributed by atoms with Crippen LogP contribution in [0.15, 0.2) is 35.9 Å². The van der Waals surface area contributed by atoms with Crippen LogP contribution in [0.2, 0.25) is 0 Å². The first-order chi connectivity index (χ1) is 12.7. The molecule has 1 saturated heterocycles. The van der Waals surface area contributed by atoms with Gasteiger partial charge in [0.25, 0.3) is 0 Å². The van der Waals surface area contributed by atoms with Gasteiger partial charge >= 0.3 is 5.97 Å². The van der Waals surface area contributed by atoms with Crippen LogP contribution in [0, 0.1) is 5.92 Å². The van der Waals surface area contributed by atoms with E-state index in [1.807, 2.05) is 25.1 Å². The van der Waals surface area contributed by atoms with Crippen LogP contribution < -0.4 is 4.90 Å². The van der Waals surface area contributed by atoms with Gasteiger partial charge in [-0.25, -0.2) is 0 Å². The maximum absolute atomic E-state index is 13.1. The fourth-order valence-electron chi connectivity index (χ4n) is 5.11. The van der Waals surface area contributed by atoms with Gasteiger partial charge in [-0.15, -0.1) is 0 Å². The first-order valence-electron chi connectivity index (χ1n) is 9.43. The molecule has 0 amide bonds. The number of para-hydroxylation sites is 1. The van der Waals surface area contributed by atoms with Crippen molar-refractivity contribution in [2.75, 3.05) is 33.4 Å². The van der Waals surface area contributed by atoms with E-state index in [0.717, 1.165) is 54.6 Å². The molecular formula is C21H27N2O3+. The number of hydrogen-bond donors (Lipinski definition) is 3. The Bertz CT molecular complexity index is 869. The number of carbonyl (C=O) groups excluding carboxylic acids is 1. The van der Waals surface area contributed by atoms with Gasteiger partial charge in [-0.3, -0.25) is 4.79 Å². The molecule has 138 valence electrons. The van der Waals surface area contributed by atoms with Crippen LogP contribution in [0.1, 0.15) is 24.6 Å². The van der Waals surface area contributed by atoms with Gasteiger partial charge < -0.3 is 19.7 Å². The fourth-order valence-corrected chi connectivity index (χ4v) is 5.11. The Kier molecular flexibility index (Phi) is 4.37. The predicted molar refractivity (Wildman–Crippen MR) is 100 cm³/mol. The van der Waals surface area contributed by atoms with Crippen LogP contribution in [-0.2, 0) is 21.4 Å². The van der Waals surface area contributed by atoms with Gasteiger partial charge in [0.15, 0.2) is 0 Å². The number of esters is 1. The molecule has 1 unspecified atom stereocenters. The van der Waals surface area contributed by atoms with Gasteiger partial charge in [0.1, 0.15) is 5.41 Å². The van der Waals surface area contributed by atoms with E-state index in [1.165, 1.54) is 12.7 Å². The quantitative estimate of drug-likeness (QED) is 0.556. The Morgan fingerprint density at radius 1 is 1.42 bits per heavy atom. The van der Waals surface area contributed by atoms with Crippen molar-refractivity contribution >= 4 is 16.9 Å². The second-order valence-corrected chi connectivity index (χ2v) is 7.53. The van der Waals surface area contributed by atoms with Crippen LogP contribution in [0.4, 0.5) is 0 Å². The summed E-state index contributed by atoms with van der Waals surface area (Å²) in [6.45, 7) is 4.76. The number of benzene rings is 1. The number of rotatable bonds is 2. The van der Waals surface area contributed by atoms with Crippen molar-refractivity contribution in [2.24, 2.45) is 5.92 Å². The molecule has 3 atom stereocenters. The van der Waals surface area contributed by atoms with Crippen LogP contribution >= 0.6 is 0 Å². The fraction of sp³-hybridized carbons (Fsp3) is 0.476. The molecule has 3 N–H and O–H groups in total. The van der Waals surface area contributed by atoms with E-state index in [1.54, 1.807) is 4.90 Å². The average Bonchev–Trinajstić information content (AvgIpc) is 3.09. The van der Waals surface area contributed by atoms with E-state index in [0.29, 0.717) is 0 Å². The highest BCUT2D eigenvalue weighted by molar-refractivity contribution is 5.91. The Balaban J connectivity index is 2.05. The molecule has 3 aliphatic rings. The third-order valence-electron chi connectivity index (χ3n) is 6.44. The van der Waals surface area contributed by atoms with Gasteiger partial charge in [-0.2, -0.15) is 0 Å². The highest BCUT2D eigenvalue weighted by Gasteiger charge is 2.54. The number of fused-ring (bicyclic) bond motifs is 4. The number of ether oxygens (including phenoxy) is 1. The number of hydrogen-bond acceptors (Lipinski definition) is 3. The largest absolute Gasteiger partial charge is 0.468 e. The molecule has 2 bridgehead atoms. The van der Waals surface area contributed by atoms with E-state index >= 15 is 0 Å². The van der Waals surface area contributed by atoms with E-state index in [4.69, 9.17) is 4.74 Å². The molecule has 4 heterocycles. The van der Waals surface area contributed by atoms with Gasteiger partial charge in [-0.05, 0) is 24.1 Å². The second-order valence-electron chi connectivity index (χ2n) is 7.53. The van der Waals surface area contributed by atoms with Crippen molar-refractivity contribution in [3.8, 4) is 0 Å². The Morgan fingerprint density at radius 3 is 2.96 bits per heavy atom. The number of piperidine rings is 1. The molecule has 0 saturated carbocycles. The summed E-state index contributed by atoms with van der Waals surface area (Å²) in [7, 11) is 1.42. The number of allylic oxidation sites excluding steroid dienone is 1. The van der Waals surface area contributed by atoms with Crippen LogP contribution in [0.5, 0.6) is 0 Å². The zero-order valence-corrected chi connectivity index (χ0v) is 15.5. The molecule has 2 aromatic rings. The lowest BCUT2D eigenvalue weighted by Crippen LogP contribution is -3.13. The normalized spacial score (nSPS) is 29.9. The number of aromatic amines is 1. The summed E-state index contributed by atoms with van der Waals surface area (Å²) in [4.78, 5) is 18.2. The molecule has 1 aromatic heterocycles. The minimum Gasteiger partial charge on any atom is -0.468 e. The zero-order valence-electron chi connectivity index (χ0n) is 15.5. The number of nitrogens with one attached hydrogen (secondary N) is 2. The number of quaternary nitrogens is 1.